The summed E-state index contributed by atoms with van der Waals surface area (Å²) in [6, 6.07) is 105. The number of nitrogens with zero attached hydrogens (tertiary/aromatic N) is 7. The number of rotatable bonds is 8. The molecule has 15 aromatic carbocycles. The SMILES string of the molecule is N#Cc1cccc(-n2c3ccc(-n4c5ccccc5c5ccccc54)cc3c3cc(-n4c5ccccc5c5ccccc54)ccc32)c1-c1c(-c2c(C(F)(F)F)cccc2C(F)(F)F)cccc1-n1c2ccc(-n3c4ccccc4c4ccccc43)cc2c2cc(-n3c4ccccc4c4ccccc43)ccc21. The lowest BCUT2D eigenvalue weighted by Crippen LogP contribution is -2.15. The first kappa shape index (κ1) is 60.9. The van der Waals surface area contributed by atoms with Crippen LogP contribution in [0.1, 0.15) is 16.7 Å². The van der Waals surface area contributed by atoms with E-state index in [0.717, 1.165) is 138 Å². The van der Waals surface area contributed by atoms with Gasteiger partial charge >= 0.3 is 12.4 Å². The first-order valence-corrected chi connectivity index (χ1v) is 34.9. The molecule has 0 saturated heterocycles. The third-order valence-corrected chi connectivity index (χ3v) is 21.7. The molecule has 0 spiro atoms. The zero-order valence-corrected chi connectivity index (χ0v) is 56.0. The molecule has 0 aliphatic rings. The largest absolute Gasteiger partial charge is 0.417 e. The van der Waals surface area contributed by atoms with Crippen molar-refractivity contribution in [3.63, 3.8) is 0 Å². The van der Waals surface area contributed by atoms with Gasteiger partial charge in [0.2, 0.25) is 0 Å². The Balaban J connectivity index is 0.897. The van der Waals surface area contributed by atoms with Crippen LogP contribution in [0.15, 0.2) is 322 Å². The molecule has 502 valence electrons. The van der Waals surface area contributed by atoms with E-state index in [1.807, 2.05) is 161 Å². The first-order chi connectivity index (χ1) is 51.9. The van der Waals surface area contributed by atoms with Gasteiger partial charge in [0.25, 0.3) is 0 Å². The molecule has 6 heterocycles. The van der Waals surface area contributed by atoms with E-state index in [-0.39, 0.29) is 27.9 Å². The smallest absolute Gasteiger partial charge is 0.309 e. The van der Waals surface area contributed by atoms with E-state index in [0.29, 0.717) is 39.9 Å². The molecule has 21 aromatic rings. The van der Waals surface area contributed by atoms with E-state index < -0.39 is 29.0 Å². The van der Waals surface area contributed by atoms with E-state index in [1.165, 1.54) is 12.1 Å². The average Bonchev–Trinajstić information content (AvgIpc) is 1.35. The van der Waals surface area contributed by atoms with Crippen LogP contribution in [-0.2, 0) is 12.4 Å². The molecule has 0 saturated carbocycles. The van der Waals surface area contributed by atoms with Crippen LogP contribution in [0, 0.1) is 11.3 Å². The lowest BCUT2D eigenvalue weighted by molar-refractivity contribution is -0.142. The fraction of sp³-hybridized carbons (Fsp3) is 0.0215. The minimum Gasteiger partial charge on any atom is -0.309 e. The third kappa shape index (κ3) is 8.75. The Morgan fingerprint density at radius 3 is 0.736 bits per heavy atom. The van der Waals surface area contributed by atoms with E-state index in [2.05, 4.69) is 146 Å². The molecule has 0 bridgehead atoms. The van der Waals surface area contributed by atoms with Gasteiger partial charge in [-0.25, -0.2) is 0 Å². The molecule has 0 radical (unpaired) electrons. The lowest BCUT2D eigenvalue weighted by Gasteiger charge is -2.25. The number of hydrogen-bond acceptors (Lipinski definition) is 1. The molecule has 0 fully saturated rings. The van der Waals surface area contributed by atoms with Crippen molar-refractivity contribution >= 4 is 131 Å². The second-order valence-electron chi connectivity index (χ2n) is 27.2. The second kappa shape index (κ2) is 22.6. The normalized spacial score (nSPS) is 12.4. The molecule has 0 atom stereocenters. The zero-order valence-electron chi connectivity index (χ0n) is 56.0. The van der Waals surface area contributed by atoms with E-state index >= 15 is 26.3 Å². The molecule has 13 heteroatoms. The number of halogens is 6. The third-order valence-electron chi connectivity index (χ3n) is 21.7. The minimum absolute atomic E-state index is 0.00566. The number of nitriles is 1. The molecule has 6 aromatic heterocycles. The molecule has 106 heavy (non-hydrogen) atoms. The van der Waals surface area contributed by atoms with Crippen LogP contribution in [-0.4, -0.2) is 27.4 Å². The highest BCUT2D eigenvalue weighted by Crippen LogP contribution is 2.53. The van der Waals surface area contributed by atoms with Gasteiger partial charge in [-0.15, -0.1) is 0 Å². The van der Waals surface area contributed by atoms with Gasteiger partial charge in [-0.05, 0) is 157 Å². The summed E-state index contributed by atoms with van der Waals surface area (Å²) in [7, 11) is 0. The van der Waals surface area contributed by atoms with E-state index in [9.17, 15) is 5.26 Å². The van der Waals surface area contributed by atoms with E-state index in [1.54, 1.807) is 18.2 Å². The number of hydrogen-bond donors (Lipinski definition) is 0. The number of aromatic nitrogens is 6. The van der Waals surface area contributed by atoms with Gasteiger partial charge in [-0.3, -0.25) is 0 Å². The standard InChI is InChI=1S/C93H53F6N7/c94-92(95,96)73-30-19-31-74(93(97,98)99)90(73)68-29-18-41-88(106-85-48-44-58(103-79-36-13-5-25-64(79)65-26-6-14-37-80(65)103)52-71(85)72-53-59(45-49-86(72)106)104-81-38-15-7-27-66(81)67-28-8-16-39-82(67)104)91(68)89-55(54-100)20-17-40-87(89)105-83-46-42-56(101-75-32-9-1-21-60(75)61-22-2-10-33-76(61)101)50-69(83)70-51-57(43-47-84(70)105)102-77-34-11-3-23-62(77)63-24-4-12-35-78(63)102/h1-53H. The average molecular weight is 1380 g/mol. The Hall–Kier alpha value is -13.8. The van der Waals surface area contributed by atoms with Crippen LogP contribution in [0.4, 0.5) is 26.3 Å². The monoisotopic (exact) mass is 1380 g/mol. The van der Waals surface area contributed by atoms with Crippen molar-refractivity contribution in [2.24, 2.45) is 0 Å². The summed E-state index contributed by atoms with van der Waals surface area (Å²) in [6.45, 7) is 0. The van der Waals surface area contributed by atoms with Gasteiger partial charge in [-0.2, -0.15) is 31.6 Å². The molecule has 0 amide bonds. The molecule has 21 rings (SSSR count). The summed E-state index contributed by atoms with van der Waals surface area (Å²) >= 11 is 0. The van der Waals surface area contributed by atoms with Crippen LogP contribution in [0.2, 0.25) is 0 Å². The highest BCUT2D eigenvalue weighted by Gasteiger charge is 2.43. The van der Waals surface area contributed by atoms with Crippen molar-refractivity contribution in [3.05, 3.63) is 338 Å². The summed E-state index contributed by atoms with van der Waals surface area (Å²) in [5.41, 5.74) is 9.86. The number of fused-ring (bicyclic) bond motifs is 18. The van der Waals surface area contributed by atoms with Gasteiger partial charge in [0.15, 0.2) is 0 Å². The van der Waals surface area contributed by atoms with Crippen molar-refractivity contribution in [1.82, 2.24) is 27.4 Å². The first-order valence-electron chi connectivity index (χ1n) is 34.9. The van der Waals surface area contributed by atoms with Crippen LogP contribution < -0.4 is 0 Å². The summed E-state index contributed by atoms with van der Waals surface area (Å²) in [5.74, 6) is 0. The molecule has 0 N–H and O–H groups in total. The Bertz CT molecular complexity index is 6820. The number of benzene rings is 15. The quantitative estimate of drug-likeness (QED) is 0.140. The fourth-order valence-electron chi connectivity index (χ4n) is 17.5. The molecular weight excluding hydrogens is 1330 g/mol. The zero-order chi connectivity index (χ0) is 71.0. The van der Waals surface area contributed by atoms with Gasteiger partial charge in [-0.1, -0.05) is 170 Å². The maximum atomic E-state index is 16.3. The van der Waals surface area contributed by atoms with Crippen molar-refractivity contribution < 1.29 is 26.3 Å². The molecular formula is C93H53F6N7. The molecule has 7 nitrogen and oxygen atoms in total. The number of para-hydroxylation sites is 8. The Labute approximate surface area is 599 Å². The Morgan fingerprint density at radius 1 is 0.217 bits per heavy atom. The predicted molar refractivity (Wildman–Crippen MR) is 418 cm³/mol. The van der Waals surface area contributed by atoms with E-state index in [4.69, 9.17) is 0 Å². The van der Waals surface area contributed by atoms with Gasteiger partial charge in [0, 0.05) is 104 Å². The topological polar surface area (TPSA) is 53.4 Å². The fourth-order valence-corrected chi connectivity index (χ4v) is 17.5. The van der Waals surface area contributed by atoms with Crippen LogP contribution in [0.25, 0.3) is 187 Å². The maximum absolute atomic E-state index is 16.3. The summed E-state index contributed by atoms with van der Waals surface area (Å²) in [5, 5.41) is 23.5. The molecule has 0 unspecified atom stereocenters. The summed E-state index contributed by atoms with van der Waals surface area (Å²) in [4.78, 5) is 0. The van der Waals surface area contributed by atoms with Crippen LogP contribution >= 0.6 is 0 Å². The van der Waals surface area contributed by atoms with Crippen molar-refractivity contribution in [3.8, 4) is 62.4 Å². The predicted octanol–water partition coefficient (Wildman–Crippen LogP) is 25.5. The highest BCUT2D eigenvalue weighted by atomic mass is 19.4. The summed E-state index contributed by atoms with van der Waals surface area (Å²) < 4.78 is 111. The van der Waals surface area contributed by atoms with Crippen molar-refractivity contribution in [2.45, 2.75) is 12.4 Å². The number of alkyl halides is 6. The Kier molecular flexibility index (Phi) is 13.0. The second-order valence-corrected chi connectivity index (χ2v) is 27.2. The van der Waals surface area contributed by atoms with Gasteiger partial charge in [0.1, 0.15) is 0 Å². The highest BCUT2D eigenvalue weighted by molar-refractivity contribution is 6.18. The van der Waals surface area contributed by atoms with Gasteiger partial charge < -0.3 is 27.4 Å². The van der Waals surface area contributed by atoms with Crippen LogP contribution in [0.3, 0.4) is 0 Å². The van der Waals surface area contributed by atoms with Gasteiger partial charge in [0.05, 0.1) is 100 Å². The van der Waals surface area contributed by atoms with Crippen LogP contribution in [0.5, 0.6) is 0 Å². The molecule has 0 aliphatic heterocycles. The summed E-state index contributed by atoms with van der Waals surface area (Å²) in [6.07, 6.45) is -10.6. The van der Waals surface area contributed by atoms with Crippen molar-refractivity contribution in [2.75, 3.05) is 0 Å². The maximum Gasteiger partial charge on any atom is 0.417 e. The molecule has 0 aliphatic carbocycles. The minimum atomic E-state index is -5.30. The van der Waals surface area contributed by atoms with Crippen molar-refractivity contribution in [1.29, 1.82) is 5.26 Å². The Morgan fingerprint density at radius 2 is 0.462 bits per heavy atom. The lowest BCUT2D eigenvalue weighted by atomic mass is 9.85.